The molecule has 1 aromatic rings. The van der Waals surface area contributed by atoms with Crippen LogP contribution in [0, 0.1) is 13.8 Å². The Morgan fingerprint density at radius 1 is 1.35 bits per heavy atom. The summed E-state index contributed by atoms with van der Waals surface area (Å²) in [5.74, 6) is 0.244. The number of aryl methyl sites for hydroxylation is 1. The van der Waals surface area contributed by atoms with E-state index in [9.17, 15) is 5.11 Å². The molecule has 0 radical (unpaired) electrons. The molecule has 1 saturated heterocycles. The van der Waals surface area contributed by atoms with Gasteiger partial charge in [0.2, 0.25) is 0 Å². The smallest absolute Gasteiger partial charge is 0.138 e. The highest BCUT2D eigenvalue weighted by Crippen LogP contribution is 2.33. The van der Waals surface area contributed by atoms with Crippen molar-refractivity contribution in [1.82, 2.24) is 10.2 Å². The quantitative estimate of drug-likeness (QED) is 0.848. The number of halogens is 1. The van der Waals surface area contributed by atoms with Gasteiger partial charge >= 0.3 is 0 Å². The van der Waals surface area contributed by atoms with Crippen molar-refractivity contribution in [2.75, 3.05) is 26.2 Å². The Labute approximate surface area is 107 Å². The van der Waals surface area contributed by atoms with E-state index < -0.39 is 0 Å². The lowest BCUT2D eigenvalue weighted by molar-refractivity contribution is 0.230. The van der Waals surface area contributed by atoms with Gasteiger partial charge < -0.3 is 10.4 Å². The third-order valence-corrected chi connectivity index (χ3v) is 3.89. The van der Waals surface area contributed by atoms with E-state index in [1.54, 1.807) is 0 Å². The fourth-order valence-electron chi connectivity index (χ4n) is 2.16. The third-order valence-electron chi connectivity index (χ3n) is 3.43. The van der Waals surface area contributed by atoms with Crippen LogP contribution in [0.15, 0.2) is 6.07 Å². The fraction of sp³-hybridized carbons (Fsp3) is 0.538. The molecule has 0 aromatic heterocycles. The summed E-state index contributed by atoms with van der Waals surface area (Å²) < 4.78 is 0. The molecule has 0 atom stereocenters. The van der Waals surface area contributed by atoms with Crippen molar-refractivity contribution in [2.45, 2.75) is 20.4 Å². The number of piperazine rings is 1. The number of aromatic hydroxyl groups is 1. The van der Waals surface area contributed by atoms with Crippen LogP contribution in [-0.2, 0) is 6.54 Å². The highest BCUT2D eigenvalue weighted by molar-refractivity contribution is 6.33. The molecule has 0 unspecified atom stereocenters. The summed E-state index contributed by atoms with van der Waals surface area (Å²) in [6, 6.07) is 2.04. The maximum Gasteiger partial charge on any atom is 0.138 e. The number of nitrogens with one attached hydrogen (secondary N) is 1. The van der Waals surface area contributed by atoms with Gasteiger partial charge in [0.25, 0.3) is 0 Å². The number of rotatable bonds is 2. The van der Waals surface area contributed by atoms with Gasteiger partial charge in [0.1, 0.15) is 5.75 Å². The molecule has 1 aliphatic rings. The monoisotopic (exact) mass is 254 g/mol. The minimum absolute atomic E-state index is 0.244. The van der Waals surface area contributed by atoms with E-state index in [-0.39, 0.29) is 5.75 Å². The summed E-state index contributed by atoms with van der Waals surface area (Å²) in [5.41, 5.74) is 3.03. The standard InChI is InChI=1S/C13H19ClN2O/c1-9-7-11(13(17)12(14)10(9)2)8-16-5-3-15-4-6-16/h7,15,17H,3-6,8H2,1-2H3. The van der Waals surface area contributed by atoms with Crippen molar-refractivity contribution in [3.8, 4) is 5.75 Å². The lowest BCUT2D eigenvalue weighted by atomic mass is 10.0. The molecule has 94 valence electrons. The van der Waals surface area contributed by atoms with Gasteiger partial charge in [-0.15, -0.1) is 0 Å². The van der Waals surface area contributed by atoms with Crippen LogP contribution in [0.5, 0.6) is 5.75 Å². The number of benzene rings is 1. The van der Waals surface area contributed by atoms with E-state index in [0.29, 0.717) is 5.02 Å². The molecular weight excluding hydrogens is 236 g/mol. The molecular formula is C13H19ClN2O. The Kier molecular flexibility index (Phi) is 3.92. The molecule has 0 saturated carbocycles. The molecule has 1 heterocycles. The van der Waals surface area contributed by atoms with Crippen molar-refractivity contribution < 1.29 is 5.11 Å². The van der Waals surface area contributed by atoms with E-state index in [2.05, 4.69) is 10.2 Å². The van der Waals surface area contributed by atoms with Gasteiger partial charge in [-0.1, -0.05) is 17.7 Å². The summed E-state index contributed by atoms with van der Waals surface area (Å²) in [4.78, 5) is 2.33. The average Bonchev–Trinajstić information content (AvgIpc) is 2.35. The molecule has 1 aromatic carbocycles. The van der Waals surface area contributed by atoms with Crippen molar-refractivity contribution in [3.05, 3.63) is 27.8 Å². The highest BCUT2D eigenvalue weighted by Gasteiger charge is 2.15. The van der Waals surface area contributed by atoms with Gasteiger partial charge in [-0.05, 0) is 25.0 Å². The minimum Gasteiger partial charge on any atom is -0.506 e. The molecule has 0 spiro atoms. The summed E-state index contributed by atoms with van der Waals surface area (Å²) in [6.07, 6.45) is 0. The Morgan fingerprint density at radius 2 is 2.00 bits per heavy atom. The molecule has 0 bridgehead atoms. The van der Waals surface area contributed by atoms with Crippen LogP contribution in [0.1, 0.15) is 16.7 Å². The highest BCUT2D eigenvalue weighted by atomic mass is 35.5. The molecule has 2 rings (SSSR count). The van der Waals surface area contributed by atoms with Gasteiger partial charge in [0, 0.05) is 38.3 Å². The first-order valence-corrected chi connectivity index (χ1v) is 6.38. The maximum absolute atomic E-state index is 10.1. The van der Waals surface area contributed by atoms with E-state index in [1.165, 1.54) is 0 Å². The average molecular weight is 255 g/mol. The normalized spacial score (nSPS) is 17.4. The van der Waals surface area contributed by atoms with Crippen molar-refractivity contribution >= 4 is 11.6 Å². The summed E-state index contributed by atoms with van der Waals surface area (Å²) in [6.45, 7) is 8.80. The first kappa shape index (κ1) is 12.7. The minimum atomic E-state index is 0.244. The second kappa shape index (κ2) is 5.25. The molecule has 1 aliphatic heterocycles. The third kappa shape index (κ3) is 2.73. The topological polar surface area (TPSA) is 35.5 Å². The van der Waals surface area contributed by atoms with Crippen LogP contribution in [0.4, 0.5) is 0 Å². The van der Waals surface area contributed by atoms with Crippen molar-refractivity contribution in [1.29, 1.82) is 0 Å². The van der Waals surface area contributed by atoms with E-state index in [0.717, 1.165) is 49.4 Å². The largest absolute Gasteiger partial charge is 0.506 e. The molecule has 3 nitrogen and oxygen atoms in total. The number of phenols is 1. The number of phenolic OH excluding ortho intramolecular Hbond substituents is 1. The zero-order chi connectivity index (χ0) is 12.4. The van der Waals surface area contributed by atoms with Crippen LogP contribution in [0.2, 0.25) is 5.02 Å². The predicted octanol–water partition coefficient (Wildman–Crippen LogP) is 2.07. The Bertz CT molecular complexity index is 414. The second-order valence-corrected chi connectivity index (χ2v) is 5.04. The van der Waals surface area contributed by atoms with Gasteiger partial charge in [-0.2, -0.15) is 0 Å². The molecule has 0 amide bonds. The van der Waals surface area contributed by atoms with Crippen LogP contribution in [-0.4, -0.2) is 36.2 Å². The predicted molar refractivity (Wildman–Crippen MR) is 70.7 cm³/mol. The Morgan fingerprint density at radius 3 is 2.65 bits per heavy atom. The molecule has 4 heteroatoms. The van der Waals surface area contributed by atoms with Gasteiger partial charge in [0.15, 0.2) is 0 Å². The Hall–Kier alpha value is -0.770. The maximum atomic E-state index is 10.1. The number of nitrogens with zero attached hydrogens (tertiary/aromatic N) is 1. The van der Waals surface area contributed by atoms with Crippen LogP contribution in [0.25, 0.3) is 0 Å². The van der Waals surface area contributed by atoms with E-state index in [4.69, 9.17) is 11.6 Å². The lowest BCUT2D eigenvalue weighted by Gasteiger charge is -2.27. The lowest BCUT2D eigenvalue weighted by Crippen LogP contribution is -2.42. The fourth-order valence-corrected chi connectivity index (χ4v) is 2.43. The van der Waals surface area contributed by atoms with Crippen molar-refractivity contribution in [2.24, 2.45) is 0 Å². The van der Waals surface area contributed by atoms with Crippen LogP contribution < -0.4 is 5.32 Å². The van der Waals surface area contributed by atoms with Crippen LogP contribution in [0.3, 0.4) is 0 Å². The SMILES string of the molecule is Cc1cc(CN2CCNCC2)c(O)c(Cl)c1C. The van der Waals surface area contributed by atoms with E-state index >= 15 is 0 Å². The van der Waals surface area contributed by atoms with E-state index in [1.807, 2.05) is 19.9 Å². The zero-order valence-electron chi connectivity index (χ0n) is 10.4. The molecule has 0 aliphatic carbocycles. The zero-order valence-corrected chi connectivity index (χ0v) is 11.1. The molecule has 2 N–H and O–H groups in total. The summed E-state index contributed by atoms with van der Waals surface area (Å²) in [7, 11) is 0. The molecule has 1 fully saturated rings. The first-order valence-electron chi connectivity index (χ1n) is 6.00. The van der Waals surface area contributed by atoms with Crippen molar-refractivity contribution in [3.63, 3.8) is 0 Å². The second-order valence-electron chi connectivity index (χ2n) is 4.67. The number of hydrogen-bond acceptors (Lipinski definition) is 3. The van der Waals surface area contributed by atoms with Gasteiger partial charge in [0.05, 0.1) is 5.02 Å². The Balaban J connectivity index is 2.20. The van der Waals surface area contributed by atoms with Gasteiger partial charge in [-0.3, -0.25) is 4.90 Å². The summed E-state index contributed by atoms with van der Waals surface area (Å²) in [5, 5.41) is 13.9. The van der Waals surface area contributed by atoms with Crippen LogP contribution >= 0.6 is 11.6 Å². The summed E-state index contributed by atoms with van der Waals surface area (Å²) >= 11 is 6.12. The number of hydrogen-bond donors (Lipinski definition) is 2. The van der Waals surface area contributed by atoms with Gasteiger partial charge in [-0.25, -0.2) is 0 Å². The molecule has 17 heavy (non-hydrogen) atoms. The first-order chi connectivity index (χ1) is 8.09.